The number of halogens is 2. The number of nitrogens with one attached hydrogen (secondary N) is 1. The first-order chi connectivity index (χ1) is 6.41. The summed E-state index contributed by atoms with van der Waals surface area (Å²) in [6.45, 7) is 3.51. The van der Waals surface area contributed by atoms with Gasteiger partial charge in [-0.3, -0.25) is 9.78 Å². The number of pyridine rings is 1. The fourth-order valence-corrected chi connectivity index (χ4v) is 0.992. The molecule has 1 N–H and O–H groups in total. The highest BCUT2D eigenvalue weighted by molar-refractivity contribution is 9.10. The van der Waals surface area contributed by atoms with E-state index in [2.05, 4.69) is 26.2 Å². The highest BCUT2D eigenvalue weighted by Crippen LogP contribution is 2.23. The third-order valence-corrected chi connectivity index (χ3v) is 2.25. The monoisotopic (exact) mass is 276 g/mol. The molecule has 0 bridgehead atoms. The lowest BCUT2D eigenvalue weighted by Gasteiger charge is -2.15. The molecule has 0 aliphatic carbocycles. The molecule has 5 heteroatoms. The van der Waals surface area contributed by atoms with E-state index < -0.39 is 4.32 Å². The second-order valence-corrected chi connectivity index (χ2v) is 5.67. The molecule has 1 amide bonds. The standard InChI is InChI=1S/C9H10BrClN2O/c1-9(2,10)8(14)13-7-5-12-4-3-6(7)11/h3-5H,1-2H3,(H,13,14). The minimum atomic E-state index is -0.619. The second-order valence-electron chi connectivity index (χ2n) is 3.28. The van der Waals surface area contributed by atoms with Crippen molar-refractivity contribution in [1.82, 2.24) is 4.98 Å². The van der Waals surface area contributed by atoms with Crippen molar-refractivity contribution in [1.29, 1.82) is 0 Å². The summed E-state index contributed by atoms with van der Waals surface area (Å²) in [6, 6.07) is 1.62. The lowest BCUT2D eigenvalue weighted by molar-refractivity contribution is -0.117. The maximum atomic E-state index is 11.5. The third-order valence-electron chi connectivity index (χ3n) is 1.56. The summed E-state index contributed by atoms with van der Waals surface area (Å²) in [7, 11) is 0. The van der Waals surface area contributed by atoms with Crippen LogP contribution in [0.5, 0.6) is 0 Å². The number of carbonyl (C=O) groups is 1. The van der Waals surface area contributed by atoms with Crippen LogP contribution in [0.25, 0.3) is 0 Å². The van der Waals surface area contributed by atoms with Crippen LogP contribution in [0.3, 0.4) is 0 Å². The Morgan fingerprint density at radius 3 is 2.79 bits per heavy atom. The van der Waals surface area contributed by atoms with Gasteiger partial charge in [-0.1, -0.05) is 27.5 Å². The predicted octanol–water partition coefficient (Wildman–Crippen LogP) is 2.85. The van der Waals surface area contributed by atoms with Gasteiger partial charge in [-0.15, -0.1) is 0 Å². The molecule has 0 spiro atoms. The van der Waals surface area contributed by atoms with Crippen LogP contribution in [0.2, 0.25) is 5.02 Å². The summed E-state index contributed by atoms with van der Waals surface area (Å²) in [5.74, 6) is -0.160. The first-order valence-corrected chi connectivity index (χ1v) is 5.18. The average molecular weight is 278 g/mol. The van der Waals surface area contributed by atoms with Crippen LogP contribution in [0.15, 0.2) is 18.5 Å². The number of hydrogen-bond acceptors (Lipinski definition) is 2. The van der Waals surface area contributed by atoms with Gasteiger partial charge >= 0.3 is 0 Å². The summed E-state index contributed by atoms with van der Waals surface area (Å²) in [5, 5.41) is 3.15. The van der Waals surface area contributed by atoms with Gasteiger partial charge in [0.1, 0.15) is 0 Å². The van der Waals surface area contributed by atoms with Crippen molar-refractivity contribution >= 4 is 39.1 Å². The molecule has 0 atom stereocenters. The SMILES string of the molecule is CC(C)(Br)C(=O)Nc1cnccc1Cl. The van der Waals surface area contributed by atoms with Crippen LogP contribution in [-0.2, 0) is 4.79 Å². The Balaban J connectivity index is 2.80. The van der Waals surface area contributed by atoms with Crippen molar-refractivity contribution in [2.75, 3.05) is 5.32 Å². The summed E-state index contributed by atoms with van der Waals surface area (Å²) in [4.78, 5) is 15.4. The molecule has 1 heterocycles. The molecule has 0 aliphatic heterocycles. The molecular weight excluding hydrogens is 267 g/mol. The van der Waals surface area contributed by atoms with Gasteiger partial charge in [-0.25, -0.2) is 0 Å². The number of amides is 1. The maximum Gasteiger partial charge on any atom is 0.240 e. The van der Waals surface area contributed by atoms with Crippen molar-refractivity contribution in [3.8, 4) is 0 Å². The van der Waals surface area contributed by atoms with Crippen LogP contribution in [0.4, 0.5) is 5.69 Å². The van der Waals surface area contributed by atoms with E-state index in [0.29, 0.717) is 10.7 Å². The number of rotatable bonds is 2. The van der Waals surface area contributed by atoms with E-state index in [1.165, 1.54) is 6.20 Å². The van der Waals surface area contributed by atoms with Gasteiger partial charge < -0.3 is 5.32 Å². The lowest BCUT2D eigenvalue weighted by Crippen LogP contribution is -2.31. The number of anilines is 1. The lowest BCUT2D eigenvalue weighted by atomic mass is 10.2. The van der Waals surface area contributed by atoms with Gasteiger partial charge in [0.15, 0.2) is 0 Å². The zero-order valence-corrected chi connectivity index (χ0v) is 10.2. The van der Waals surface area contributed by atoms with Crippen LogP contribution < -0.4 is 5.32 Å². The van der Waals surface area contributed by atoms with Gasteiger partial charge in [0.2, 0.25) is 5.91 Å². The summed E-state index contributed by atoms with van der Waals surface area (Å²) in [5.41, 5.74) is 0.520. The van der Waals surface area contributed by atoms with E-state index in [1.54, 1.807) is 26.1 Å². The number of nitrogens with zero attached hydrogens (tertiary/aromatic N) is 1. The van der Waals surface area contributed by atoms with E-state index in [4.69, 9.17) is 11.6 Å². The molecular formula is C9H10BrClN2O. The first-order valence-electron chi connectivity index (χ1n) is 4.01. The van der Waals surface area contributed by atoms with E-state index in [-0.39, 0.29) is 5.91 Å². The van der Waals surface area contributed by atoms with E-state index in [9.17, 15) is 4.79 Å². The molecule has 0 aliphatic rings. The molecule has 0 saturated heterocycles. The quantitative estimate of drug-likeness (QED) is 0.845. The molecule has 0 unspecified atom stereocenters. The molecule has 14 heavy (non-hydrogen) atoms. The topological polar surface area (TPSA) is 42.0 Å². The van der Waals surface area contributed by atoms with Crippen LogP contribution in [0.1, 0.15) is 13.8 Å². The van der Waals surface area contributed by atoms with Crippen molar-refractivity contribution in [2.24, 2.45) is 0 Å². The van der Waals surface area contributed by atoms with Crippen molar-refractivity contribution in [2.45, 2.75) is 18.2 Å². The Labute approximate surface area is 96.0 Å². The first kappa shape index (κ1) is 11.5. The predicted molar refractivity (Wildman–Crippen MR) is 60.9 cm³/mol. The fraction of sp³-hybridized carbons (Fsp3) is 0.333. The Bertz CT molecular complexity index is 349. The molecule has 0 saturated carbocycles. The minimum absolute atomic E-state index is 0.160. The van der Waals surface area contributed by atoms with Crippen LogP contribution in [-0.4, -0.2) is 15.2 Å². The van der Waals surface area contributed by atoms with Gasteiger partial charge in [0.05, 0.1) is 21.2 Å². The highest BCUT2D eigenvalue weighted by atomic mass is 79.9. The van der Waals surface area contributed by atoms with Crippen molar-refractivity contribution in [3.05, 3.63) is 23.5 Å². The summed E-state index contributed by atoms with van der Waals surface area (Å²) in [6.07, 6.45) is 3.08. The molecule has 0 fully saturated rings. The maximum absolute atomic E-state index is 11.5. The summed E-state index contributed by atoms with van der Waals surface area (Å²) >= 11 is 9.10. The van der Waals surface area contributed by atoms with Crippen molar-refractivity contribution < 1.29 is 4.79 Å². The molecule has 3 nitrogen and oxygen atoms in total. The highest BCUT2D eigenvalue weighted by Gasteiger charge is 2.24. The van der Waals surface area contributed by atoms with Gasteiger partial charge in [0, 0.05) is 6.20 Å². The Hall–Kier alpha value is -0.610. The van der Waals surface area contributed by atoms with Gasteiger partial charge in [0.25, 0.3) is 0 Å². The molecule has 0 aromatic carbocycles. The van der Waals surface area contributed by atoms with Gasteiger partial charge in [-0.05, 0) is 19.9 Å². The molecule has 76 valence electrons. The molecule has 1 aromatic heterocycles. The molecule has 1 aromatic rings. The zero-order chi connectivity index (χ0) is 10.8. The Kier molecular flexibility index (Phi) is 3.50. The zero-order valence-electron chi connectivity index (χ0n) is 7.84. The molecule has 0 radical (unpaired) electrons. The Morgan fingerprint density at radius 1 is 1.64 bits per heavy atom. The van der Waals surface area contributed by atoms with E-state index >= 15 is 0 Å². The number of hydrogen-bond donors (Lipinski definition) is 1. The molecule has 1 rings (SSSR count). The summed E-state index contributed by atoms with van der Waals surface area (Å²) < 4.78 is -0.619. The number of alkyl halides is 1. The Morgan fingerprint density at radius 2 is 2.29 bits per heavy atom. The normalized spacial score (nSPS) is 11.1. The number of carbonyl (C=O) groups excluding carboxylic acids is 1. The van der Waals surface area contributed by atoms with Crippen LogP contribution >= 0.6 is 27.5 Å². The smallest absolute Gasteiger partial charge is 0.240 e. The van der Waals surface area contributed by atoms with E-state index in [1.807, 2.05) is 0 Å². The van der Waals surface area contributed by atoms with Gasteiger partial charge in [-0.2, -0.15) is 0 Å². The minimum Gasteiger partial charge on any atom is -0.322 e. The number of aromatic nitrogens is 1. The second kappa shape index (κ2) is 4.28. The van der Waals surface area contributed by atoms with Crippen molar-refractivity contribution in [3.63, 3.8) is 0 Å². The van der Waals surface area contributed by atoms with Crippen LogP contribution in [0, 0.1) is 0 Å². The fourth-order valence-electron chi connectivity index (χ4n) is 0.740. The van der Waals surface area contributed by atoms with E-state index in [0.717, 1.165) is 0 Å². The third kappa shape index (κ3) is 2.96. The largest absolute Gasteiger partial charge is 0.322 e. The average Bonchev–Trinajstić information content (AvgIpc) is 2.07.